The molecule has 1 unspecified atom stereocenters. The molecule has 0 saturated carbocycles. The van der Waals surface area contributed by atoms with Gasteiger partial charge in [-0.05, 0) is 12.8 Å². The molecule has 0 aromatic rings. The van der Waals surface area contributed by atoms with E-state index in [0.29, 0.717) is 13.2 Å². The van der Waals surface area contributed by atoms with Crippen molar-refractivity contribution in [2.45, 2.75) is 45.4 Å². The van der Waals surface area contributed by atoms with Gasteiger partial charge in [-0.1, -0.05) is 32.6 Å². The highest BCUT2D eigenvalue weighted by Gasteiger charge is 2.32. The molecular weight excluding hydrogens is 216 g/mol. The van der Waals surface area contributed by atoms with E-state index in [-0.39, 0.29) is 4.48 Å². The lowest BCUT2D eigenvalue weighted by atomic mass is 10.1. The van der Waals surface area contributed by atoms with Crippen LogP contribution in [0.1, 0.15) is 45.4 Å². The van der Waals surface area contributed by atoms with Gasteiger partial charge in [0.1, 0.15) is 6.20 Å². The smallest absolute Gasteiger partial charge is 0.263 e. The summed E-state index contributed by atoms with van der Waals surface area (Å²) in [7, 11) is 1.89. The van der Waals surface area contributed by atoms with Crippen molar-refractivity contribution in [3.63, 3.8) is 0 Å². The monoisotopic (exact) mass is 240 g/mol. The molecule has 0 aliphatic carbocycles. The summed E-state index contributed by atoms with van der Waals surface area (Å²) in [6, 6.07) is 0. The number of quaternary nitrogens is 1. The third kappa shape index (κ3) is 4.04. The van der Waals surface area contributed by atoms with Crippen LogP contribution in [0.15, 0.2) is 12.4 Å². The maximum atomic E-state index is 11.2. The molecule has 0 radical (unpaired) electrons. The number of rotatable bonds is 7. The molecule has 1 aliphatic rings. The van der Waals surface area contributed by atoms with Gasteiger partial charge in [-0.2, -0.15) is 0 Å². The number of unbranched alkanes of at least 4 members (excludes halogenated alkanes) is 5. The number of carbonyl (C=O) groups excluding carboxylic acids is 1. The van der Waals surface area contributed by atoms with E-state index in [1.165, 1.54) is 25.7 Å². The predicted octanol–water partition coefficient (Wildman–Crippen LogP) is 1.88. The minimum absolute atomic E-state index is 0.0374. The number of nitrogens with zero attached hydrogens (tertiary/aromatic N) is 2. The Morgan fingerprint density at radius 2 is 1.94 bits per heavy atom. The lowest BCUT2D eigenvalue weighted by Gasteiger charge is -2.31. The molecule has 0 fully saturated rings. The first-order valence-corrected chi connectivity index (χ1v) is 6.58. The molecule has 4 heteroatoms. The Morgan fingerprint density at radius 1 is 1.29 bits per heavy atom. The first-order chi connectivity index (χ1) is 8.10. The number of hydrogen-bond donors (Lipinski definition) is 0. The topological polar surface area (TPSA) is 43.4 Å². The van der Waals surface area contributed by atoms with Gasteiger partial charge >= 0.3 is 0 Å². The van der Waals surface area contributed by atoms with E-state index in [2.05, 4.69) is 6.92 Å². The highest BCUT2D eigenvalue weighted by molar-refractivity contribution is 5.55. The normalized spacial score (nSPS) is 23.3. The fourth-order valence-electron chi connectivity index (χ4n) is 2.26. The van der Waals surface area contributed by atoms with Crippen molar-refractivity contribution in [2.24, 2.45) is 0 Å². The average molecular weight is 240 g/mol. The molecule has 4 nitrogen and oxygen atoms in total. The van der Waals surface area contributed by atoms with Gasteiger partial charge < -0.3 is 14.8 Å². The van der Waals surface area contributed by atoms with E-state index >= 15 is 0 Å². The first-order valence-electron chi connectivity index (χ1n) is 6.58. The Kier molecular flexibility index (Phi) is 5.48. The second-order valence-electron chi connectivity index (χ2n) is 4.99. The molecule has 0 N–H and O–H groups in total. The first kappa shape index (κ1) is 14.0. The molecule has 1 heterocycles. The summed E-state index contributed by atoms with van der Waals surface area (Å²) in [5.74, 6) is 0. The molecule has 98 valence electrons. The van der Waals surface area contributed by atoms with Crippen LogP contribution in [-0.4, -0.2) is 35.7 Å². The fraction of sp³-hybridized carbons (Fsp3) is 0.769. The number of carbonyl (C=O) groups is 1. The quantitative estimate of drug-likeness (QED) is 0.504. The van der Waals surface area contributed by atoms with Gasteiger partial charge in [-0.15, -0.1) is 0 Å². The van der Waals surface area contributed by atoms with E-state index in [0.717, 1.165) is 12.8 Å². The third-order valence-corrected chi connectivity index (χ3v) is 3.36. The Bertz CT molecular complexity index is 279. The summed E-state index contributed by atoms with van der Waals surface area (Å²) in [5, 5.41) is 11.2. The minimum atomic E-state index is -0.987. The standard InChI is InChI=1S/C13H24N2O2/c1-3-4-5-6-7-8-10-15(13(16)17)11-9-14(2)12-15/h9,11H,3-8,10,12H2,1-2H3. The van der Waals surface area contributed by atoms with Crippen molar-refractivity contribution in [3.05, 3.63) is 12.4 Å². The fourth-order valence-corrected chi connectivity index (χ4v) is 2.26. The molecule has 0 aromatic heterocycles. The second-order valence-corrected chi connectivity index (χ2v) is 4.99. The Balaban J connectivity index is 2.28. The molecule has 0 aromatic carbocycles. The van der Waals surface area contributed by atoms with Crippen molar-refractivity contribution in [1.29, 1.82) is 0 Å². The Labute approximate surface area is 104 Å². The van der Waals surface area contributed by atoms with Crippen molar-refractivity contribution < 1.29 is 14.4 Å². The number of hydrogen-bond acceptors (Lipinski definition) is 3. The van der Waals surface area contributed by atoms with Crippen LogP contribution in [0, 0.1) is 0 Å². The van der Waals surface area contributed by atoms with Crippen LogP contribution in [0.4, 0.5) is 4.79 Å². The van der Waals surface area contributed by atoms with E-state index in [4.69, 9.17) is 0 Å². The van der Waals surface area contributed by atoms with Crippen LogP contribution < -0.4 is 5.11 Å². The van der Waals surface area contributed by atoms with Gasteiger partial charge in [-0.3, -0.25) is 0 Å². The zero-order valence-electron chi connectivity index (χ0n) is 11.0. The van der Waals surface area contributed by atoms with Crippen molar-refractivity contribution in [1.82, 2.24) is 4.90 Å². The van der Waals surface area contributed by atoms with Crippen LogP contribution >= 0.6 is 0 Å². The highest BCUT2D eigenvalue weighted by Crippen LogP contribution is 2.18. The maximum Gasteiger partial charge on any atom is 0.263 e. The molecule has 1 aliphatic heterocycles. The van der Waals surface area contributed by atoms with E-state index in [9.17, 15) is 9.90 Å². The van der Waals surface area contributed by atoms with Crippen molar-refractivity contribution >= 4 is 6.09 Å². The molecule has 1 rings (SSSR count). The summed E-state index contributed by atoms with van der Waals surface area (Å²) in [6.45, 7) is 3.34. The van der Waals surface area contributed by atoms with Gasteiger partial charge in [0.15, 0.2) is 6.67 Å². The lowest BCUT2D eigenvalue weighted by Crippen LogP contribution is -2.56. The molecule has 1 atom stereocenters. The summed E-state index contributed by atoms with van der Waals surface area (Å²) in [6.07, 6.45) is 9.64. The number of carboxylic acid groups (broad SMARTS) is 1. The van der Waals surface area contributed by atoms with Crippen LogP contribution in [0.3, 0.4) is 0 Å². The van der Waals surface area contributed by atoms with Crippen LogP contribution in [0.25, 0.3) is 0 Å². The van der Waals surface area contributed by atoms with Crippen molar-refractivity contribution in [2.75, 3.05) is 20.3 Å². The molecule has 17 heavy (non-hydrogen) atoms. The minimum Gasteiger partial charge on any atom is -0.498 e. The Morgan fingerprint density at radius 3 is 2.47 bits per heavy atom. The van der Waals surface area contributed by atoms with Gasteiger partial charge in [0.05, 0.1) is 12.7 Å². The van der Waals surface area contributed by atoms with Gasteiger partial charge in [0.2, 0.25) is 0 Å². The Hall–Kier alpha value is -1.03. The molecule has 1 amide bonds. The number of amides is 1. The van der Waals surface area contributed by atoms with Crippen molar-refractivity contribution in [3.8, 4) is 0 Å². The van der Waals surface area contributed by atoms with Crippen LogP contribution in [0.2, 0.25) is 0 Å². The summed E-state index contributed by atoms with van der Waals surface area (Å²) in [5.41, 5.74) is 0. The summed E-state index contributed by atoms with van der Waals surface area (Å²) >= 11 is 0. The lowest BCUT2D eigenvalue weighted by molar-refractivity contribution is -0.830. The second kappa shape index (κ2) is 6.64. The third-order valence-electron chi connectivity index (χ3n) is 3.36. The molecule has 0 spiro atoms. The van der Waals surface area contributed by atoms with Gasteiger partial charge in [-0.25, -0.2) is 4.48 Å². The van der Waals surface area contributed by atoms with Crippen LogP contribution in [-0.2, 0) is 0 Å². The highest BCUT2D eigenvalue weighted by atomic mass is 16.4. The zero-order chi connectivity index (χ0) is 12.7. The predicted molar refractivity (Wildman–Crippen MR) is 65.7 cm³/mol. The SMILES string of the molecule is CCCCCCCC[N+]1(C(=O)[O-])C=CN(C)C1. The molecular formula is C13H24N2O2. The van der Waals surface area contributed by atoms with E-state index in [1.54, 1.807) is 6.20 Å². The maximum absolute atomic E-state index is 11.2. The molecule has 0 bridgehead atoms. The van der Waals surface area contributed by atoms with E-state index < -0.39 is 6.09 Å². The largest absolute Gasteiger partial charge is 0.498 e. The summed E-state index contributed by atoms with van der Waals surface area (Å²) in [4.78, 5) is 13.1. The summed E-state index contributed by atoms with van der Waals surface area (Å²) < 4.78 is -0.0374. The van der Waals surface area contributed by atoms with Crippen LogP contribution in [0.5, 0.6) is 0 Å². The average Bonchev–Trinajstić information content (AvgIpc) is 2.67. The zero-order valence-corrected chi connectivity index (χ0v) is 11.0. The molecule has 0 saturated heterocycles. The van der Waals surface area contributed by atoms with Gasteiger partial charge in [0, 0.05) is 7.05 Å². The van der Waals surface area contributed by atoms with E-state index in [1.807, 2.05) is 18.1 Å². The van der Waals surface area contributed by atoms with Gasteiger partial charge in [0.25, 0.3) is 6.09 Å².